The lowest BCUT2D eigenvalue weighted by molar-refractivity contribution is -0.137. The fraction of sp³-hybridized carbons (Fsp3) is 0.350. The molecule has 1 aromatic carbocycles. The van der Waals surface area contributed by atoms with Gasteiger partial charge in [0.25, 0.3) is 5.56 Å². The molecule has 2 atom stereocenters. The number of nitrogens with zero attached hydrogens (tertiary/aromatic N) is 3. The van der Waals surface area contributed by atoms with Crippen molar-refractivity contribution in [1.82, 2.24) is 14.7 Å². The summed E-state index contributed by atoms with van der Waals surface area (Å²) >= 11 is 0. The van der Waals surface area contributed by atoms with Crippen LogP contribution in [0.25, 0.3) is 0 Å². The molecule has 1 fully saturated rings. The maximum Gasteiger partial charge on any atom is 0.416 e. The molecule has 1 aliphatic rings. The second-order valence-electron chi connectivity index (χ2n) is 6.79. The first-order chi connectivity index (χ1) is 13.8. The lowest BCUT2D eigenvalue weighted by Crippen LogP contribution is -2.32. The Morgan fingerprint density at radius 2 is 1.97 bits per heavy atom. The highest BCUT2D eigenvalue weighted by molar-refractivity contribution is 5.87. The topological polar surface area (TPSA) is 64.4 Å². The molecule has 1 amide bonds. The van der Waals surface area contributed by atoms with Crippen LogP contribution in [0.4, 0.5) is 13.2 Å². The lowest BCUT2D eigenvalue weighted by atomic mass is 10.1. The quantitative estimate of drug-likeness (QED) is 0.691. The van der Waals surface area contributed by atoms with E-state index in [9.17, 15) is 22.8 Å². The Bertz CT molecular complexity index is 925. The summed E-state index contributed by atoms with van der Waals surface area (Å²) in [4.78, 5) is 25.7. The third-order valence-corrected chi connectivity index (χ3v) is 4.83. The first-order valence-electron chi connectivity index (χ1n) is 8.98. The summed E-state index contributed by atoms with van der Waals surface area (Å²) in [7, 11) is 0. The van der Waals surface area contributed by atoms with Crippen LogP contribution in [0.3, 0.4) is 0 Å². The molecule has 6 nitrogen and oxygen atoms in total. The zero-order valence-corrected chi connectivity index (χ0v) is 15.5. The number of rotatable bonds is 6. The summed E-state index contributed by atoms with van der Waals surface area (Å²) in [6.45, 7) is 4.49. The molecule has 0 N–H and O–H groups in total. The van der Waals surface area contributed by atoms with Crippen LogP contribution in [0.5, 0.6) is 0 Å². The smallest absolute Gasteiger partial charge is 0.376 e. The van der Waals surface area contributed by atoms with Gasteiger partial charge in [-0.2, -0.15) is 18.3 Å². The van der Waals surface area contributed by atoms with Crippen LogP contribution < -0.4 is 5.56 Å². The van der Waals surface area contributed by atoms with Gasteiger partial charge in [-0.3, -0.25) is 9.59 Å². The first-order valence-corrected chi connectivity index (χ1v) is 8.98. The van der Waals surface area contributed by atoms with Gasteiger partial charge in [0.05, 0.1) is 24.8 Å². The maximum absolute atomic E-state index is 12.6. The van der Waals surface area contributed by atoms with Crippen molar-refractivity contribution in [1.29, 1.82) is 0 Å². The number of likely N-dealkylation sites (tertiary alicyclic amines) is 1. The molecule has 0 saturated carbocycles. The van der Waals surface area contributed by atoms with Gasteiger partial charge in [-0.25, -0.2) is 4.68 Å². The molecule has 29 heavy (non-hydrogen) atoms. The van der Waals surface area contributed by atoms with Crippen molar-refractivity contribution < 1.29 is 22.7 Å². The second kappa shape index (κ2) is 8.60. The van der Waals surface area contributed by atoms with Gasteiger partial charge in [0.15, 0.2) is 0 Å². The van der Waals surface area contributed by atoms with E-state index in [1.807, 2.05) is 0 Å². The molecule has 1 aliphatic heterocycles. The minimum atomic E-state index is -4.38. The normalized spacial score (nSPS) is 19.3. The highest BCUT2D eigenvalue weighted by Gasteiger charge is 2.37. The molecule has 0 bridgehead atoms. The molecule has 2 heterocycles. The fourth-order valence-corrected chi connectivity index (χ4v) is 3.34. The molecule has 154 valence electrons. The maximum atomic E-state index is 12.6. The molecular formula is C20H20F3N3O3. The van der Waals surface area contributed by atoms with Crippen molar-refractivity contribution >= 4 is 5.91 Å². The molecule has 9 heteroatoms. The molecular weight excluding hydrogens is 387 g/mol. The van der Waals surface area contributed by atoms with Gasteiger partial charge in [-0.15, -0.1) is 0 Å². The summed E-state index contributed by atoms with van der Waals surface area (Å²) in [5.41, 5.74) is -0.398. The lowest BCUT2D eigenvalue weighted by Gasteiger charge is -2.19. The van der Waals surface area contributed by atoms with Crippen LogP contribution >= 0.6 is 0 Å². The molecule has 2 aromatic rings. The predicted molar refractivity (Wildman–Crippen MR) is 98.9 cm³/mol. The third kappa shape index (κ3) is 4.92. The van der Waals surface area contributed by atoms with Gasteiger partial charge in [0.2, 0.25) is 5.91 Å². The van der Waals surface area contributed by atoms with Crippen LogP contribution in [0.2, 0.25) is 0 Å². The molecule has 3 rings (SSSR count). The molecule has 1 saturated heterocycles. The van der Waals surface area contributed by atoms with Crippen molar-refractivity contribution in [2.75, 3.05) is 19.7 Å². The standard InChI is InChI=1S/C20H20F3N3O3/c1-2-18(27)25-10-15(17(11-25)26-19(28)4-3-9-24-26)13-29-12-14-5-7-16(8-6-14)20(21,22)23/h2-9,15,17H,1,10-13H2/t15-,17+/m0/s1. The Morgan fingerprint density at radius 3 is 2.59 bits per heavy atom. The Labute approximate surface area is 165 Å². The molecule has 0 radical (unpaired) electrons. The number of amides is 1. The Hall–Kier alpha value is -2.94. The van der Waals surface area contributed by atoms with E-state index in [0.717, 1.165) is 12.1 Å². The van der Waals surface area contributed by atoms with E-state index in [-0.39, 0.29) is 36.6 Å². The van der Waals surface area contributed by atoms with Crippen molar-refractivity contribution in [3.63, 3.8) is 0 Å². The Morgan fingerprint density at radius 1 is 1.24 bits per heavy atom. The van der Waals surface area contributed by atoms with Gasteiger partial charge in [-0.05, 0) is 29.8 Å². The van der Waals surface area contributed by atoms with Gasteiger partial charge < -0.3 is 9.64 Å². The van der Waals surface area contributed by atoms with E-state index in [4.69, 9.17) is 4.74 Å². The second-order valence-corrected chi connectivity index (χ2v) is 6.79. The molecule has 0 unspecified atom stereocenters. The largest absolute Gasteiger partial charge is 0.416 e. The van der Waals surface area contributed by atoms with Crippen LogP contribution in [-0.2, 0) is 22.3 Å². The van der Waals surface area contributed by atoms with E-state index in [1.165, 1.54) is 41.2 Å². The zero-order valence-electron chi connectivity index (χ0n) is 15.5. The third-order valence-electron chi connectivity index (χ3n) is 4.83. The Kier molecular flexibility index (Phi) is 6.17. The van der Waals surface area contributed by atoms with Crippen LogP contribution in [0.15, 0.2) is 60.0 Å². The number of carbonyl (C=O) groups excluding carboxylic acids is 1. The van der Waals surface area contributed by atoms with E-state index in [2.05, 4.69) is 11.7 Å². The number of benzene rings is 1. The number of ether oxygens (including phenoxy) is 1. The average Bonchev–Trinajstić information content (AvgIpc) is 3.11. The SMILES string of the molecule is C=CC(=O)N1C[C@@H](COCc2ccc(C(F)(F)F)cc2)[C@H](n2ncccc2=O)C1. The average molecular weight is 407 g/mol. The van der Waals surface area contributed by atoms with Gasteiger partial charge in [-0.1, -0.05) is 18.7 Å². The van der Waals surface area contributed by atoms with Gasteiger partial charge in [0.1, 0.15) is 0 Å². The number of carbonyl (C=O) groups is 1. The predicted octanol–water partition coefficient (Wildman–Crippen LogP) is 2.66. The number of aromatic nitrogens is 2. The number of halogens is 3. The summed E-state index contributed by atoms with van der Waals surface area (Å²) < 4.78 is 44.9. The monoisotopic (exact) mass is 407 g/mol. The fourth-order valence-electron chi connectivity index (χ4n) is 3.34. The number of hydrogen-bond acceptors (Lipinski definition) is 4. The van der Waals surface area contributed by atoms with Crippen molar-refractivity contribution in [2.24, 2.45) is 5.92 Å². The van der Waals surface area contributed by atoms with E-state index in [1.54, 1.807) is 4.90 Å². The first kappa shape index (κ1) is 20.8. The van der Waals surface area contributed by atoms with E-state index >= 15 is 0 Å². The van der Waals surface area contributed by atoms with Crippen molar-refractivity contribution in [3.05, 3.63) is 76.7 Å². The summed E-state index contributed by atoms with van der Waals surface area (Å²) in [6, 6.07) is 7.32. The summed E-state index contributed by atoms with van der Waals surface area (Å²) in [6.07, 6.45) is -1.67. The highest BCUT2D eigenvalue weighted by Crippen LogP contribution is 2.30. The minimum absolute atomic E-state index is 0.119. The minimum Gasteiger partial charge on any atom is -0.376 e. The van der Waals surface area contributed by atoms with Crippen molar-refractivity contribution in [2.45, 2.75) is 18.8 Å². The number of alkyl halides is 3. The number of hydrogen-bond donors (Lipinski definition) is 0. The summed E-state index contributed by atoms with van der Waals surface area (Å²) in [5.74, 6) is -0.440. The molecule has 0 aliphatic carbocycles. The van der Waals surface area contributed by atoms with Crippen LogP contribution in [0, 0.1) is 5.92 Å². The Balaban J connectivity index is 1.67. The van der Waals surface area contributed by atoms with Crippen LogP contribution in [0.1, 0.15) is 17.2 Å². The van der Waals surface area contributed by atoms with Crippen molar-refractivity contribution in [3.8, 4) is 0 Å². The molecule has 0 spiro atoms. The van der Waals surface area contributed by atoms with E-state index < -0.39 is 11.7 Å². The zero-order chi connectivity index (χ0) is 21.0. The highest BCUT2D eigenvalue weighted by atomic mass is 19.4. The van der Waals surface area contributed by atoms with E-state index in [0.29, 0.717) is 18.7 Å². The summed E-state index contributed by atoms with van der Waals surface area (Å²) in [5, 5.41) is 4.11. The van der Waals surface area contributed by atoms with Gasteiger partial charge in [0, 0.05) is 31.3 Å². The van der Waals surface area contributed by atoms with Gasteiger partial charge >= 0.3 is 6.18 Å². The van der Waals surface area contributed by atoms with Crippen LogP contribution in [-0.4, -0.2) is 40.3 Å². The molecule has 1 aromatic heterocycles.